The molecule has 0 aromatic carbocycles. The van der Waals surface area contributed by atoms with Crippen molar-refractivity contribution in [3.63, 3.8) is 0 Å². The van der Waals surface area contributed by atoms with E-state index in [0.717, 1.165) is 35.1 Å². The van der Waals surface area contributed by atoms with Gasteiger partial charge in [0, 0.05) is 30.7 Å². The summed E-state index contributed by atoms with van der Waals surface area (Å²) < 4.78 is 0. The number of hydrogen-bond donors (Lipinski definition) is 2. The van der Waals surface area contributed by atoms with E-state index < -0.39 is 5.92 Å². The summed E-state index contributed by atoms with van der Waals surface area (Å²) in [4.78, 5) is 30.4. The van der Waals surface area contributed by atoms with Crippen LogP contribution in [0.5, 0.6) is 0 Å². The molecule has 1 saturated heterocycles. The van der Waals surface area contributed by atoms with E-state index in [1.807, 2.05) is 12.1 Å². The van der Waals surface area contributed by atoms with E-state index in [1.165, 1.54) is 0 Å². The molecule has 1 amide bonds. The van der Waals surface area contributed by atoms with E-state index in [9.17, 15) is 4.79 Å². The lowest BCUT2D eigenvalue weighted by Gasteiger charge is -2.20. The highest BCUT2D eigenvalue weighted by molar-refractivity contribution is 6.08. The number of aromatic amines is 1. The van der Waals surface area contributed by atoms with Crippen LogP contribution >= 0.6 is 0 Å². The third-order valence-electron chi connectivity index (χ3n) is 4.59. The molecular formula is C17H17N7O. The van der Waals surface area contributed by atoms with Crippen molar-refractivity contribution in [2.75, 3.05) is 18.0 Å². The molecule has 3 aromatic rings. The summed E-state index contributed by atoms with van der Waals surface area (Å²) in [5, 5.41) is 13.8. The van der Waals surface area contributed by atoms with Gasteiger partial charge in [-0.05, 0) is 19.4 Å². The lowest BCUT2D eigenvalue weighted by molar-refractivity contribution is -0.123. The maximum atomic E-state index is 11.9. The van der Waals surface area contributed by atoms with Crippen LogP contribution in [0.1, 0.15) is 13.3 Å². The number of nitriles is 1. The minimum absolute atomic E-state index is 0.0134. The normalized spacial score (nSPS) is 18.4. The molecule has 0 saturated carbocycles. The average molecular weight is 335 g/mol. The topological polar surface area (TPSA) is 111 Å². The van der Waals surface area contributed by atoms with Crippen molar-refractivity contribution < 1.29 is 4.79 Å². The molecule has 0 spiro atoms. The number of aromatic nitrogens is 4. The number of anilines is 1. The van der Waals surface area contributed by atoms with Gasteiger partial charge in [-0.1, -0.05) is 0 Å². The third kappa shape index (κ3) is 2.63. The first-order chi connectivity index (χ1) is 12.2. The van der Waals surface area contributed by atoms with Crippen molar-refractivity contribution in [3.8, 4) is 6.07 Å². The summed E-state index contributed by atoms with van der Waals surface area (Å²) in [6, 6.07) is 3.92. The fourth-order valence-corrected chi connectivity index (χ4v) is 3.23. The molecule has 2 N–H and O–H groups in total. The number of H-pyrrole nitrogens is 1. The van der Waals surface area contributed by atoms with Crippen molar-refractivity contribution >= 4 is 33.7 Å². The second-order valence-electron chi connectivity index (χ2n) is 6.25. The van der Waals surface area contributed by atoms with Gasteiger partial charge in [0.15, 0.2) is 5.65 Å². The highest BCUT2D eigenvalue weighted by atomic mass is 16.1. The van der Waals surface area contributed by atoms with Crippen molar-refractivity contribution in [1.29, 1.82) is 5.26 Å². The summed E-state index contributed by atoms with van der Waals surface area (Å²) in [7, 11) is 0. The summed E-state index contributed by atoms with van der Waals surface area (Å²) in [6.45, 7) is 3.06. The molecule has 8 heteroatoms. The molecule has 0 aliphatic carbocycles. The summed E-state index contributed by atoms with van der Waals surface area (Å²) in [5.74, 6) is 0.0000377. The Labute approximate surface area is 143 Å². The van der Waals surface area contributed by atoms with Gasteiger partial charge in [-0.2, -0.15) is 5.26 Å². The molecule has 3 aromatic heterocycles. The zero-order valence-corrected chi connectivity index (χ0v) is 13.7. The fraction of sp³-hybridized carbons (Fsp3) is 0.353. The Morgan fingerprint density at radius 3 is 3.20 bits per heavy atom. The first-order valence-corrected chi connectivity index (χ1v) is 8.19. The zero-order valence-electron chi connectivity index (χ0n) is 13.7. The SMILES string of the molecule is CC(C#N)C(=O)NC1CCN(c2nc[nH]c3cnc4nccc4c23)C1. The number of carbonyl (C=O) groups is 1. The van der Waals surface area contributed by atoms with Crippen LogP contribution in [-0.2, 0) is 4.79 Å². The summed E-state index contributed by atoms with van der Waals surface area (Å²) in [6.07, 6.45) is 5.98. The monoisotopic (exact) mass is 335 g/mol. The van der Waals surface area contributed by atoms with E-state index >= 15 is 0 Å². The predicted molar refractivity (Wildman–Crippen MR) is 92.7 cm³/mol. The lowest BCUT2D eigenvalue weighted by Crippen LogP contribution is -2.39. The standard InChI is InChI=1S/C17H17N7O/c1-10(6-18)17(25)23-11-3-5-24(8-11)16-14-12-2-4-19-15(12)20-7-13(14)21-9-22-16/h2,4,7,9-11H,3,5,8H2,1H3,(H,21,22)(H,23,25). The maximum Gasteiger partial charge on any atom is 0.237 e. The predicted octanol–water partition coefficient (Wildman–Crippen LogP) is 1.36. The van der Waals surface area contributed by atoms with Crippen molar-refractivity contribution in [2.45, 2.75) is 19.4 Å². The highest BCUT2D eigenvalue weighted by Gasteiger charge is 2.27. The number of nitrogens with zero attached hydrogens (tertiary/aromatic N) is 5. The van der Waals surface area contributed by atoms with Gasteiger partial charge in [-0.3, -0.25) is 4.79 Å². The van der Waals surface area contributed by atoms with Crippen molar-refractivity contribution in [2.24, 2.45) is 5.92 Å². The number of nitrogens with one attached hydrogen (secondary N) is 2. The van der Waals surface area contributed by atoms with E-state index in [4.69, 9.17) is 5.26 Å². The lowest BCUT2D eigenvalue weighted by atomic mass is 10.1. The number of amides is 1. The molecule has 4 heterocycles. The number of pyridine rings is 1. The van der Waals surface area contributed by atoms with Crippen molar-refractivity contribution in [1.82, 2.24) is 25.3 Å². The first kappa shape index (κ1) is 15.3. The minimum Gasteiger partial charge on any atom is -0.354 e. The number of hydrogen-bond acceptors (Lipinski definition) is 6. The van der Waals surface area contributed by atoms with E-state index in [1.54, 1.807) is 25.6 Å². The molecule has 8 nitrogen and oxygen atoms in total. The molecule has 25 heavy (non-hydrogen) atoms. The van der Waals surface area contributed by atoms with Gasteiger partial charge in [0.1, 0.15) is 11.7 Å². The van der Waals surface area contributed by atoms with Crippen molar-refractivity contribution in [3.05, 3.63) is 24.8 Å². The van der Waals surface area contributed by atoms with Crippen LogP contribution in [0.15, 0.2) is 24.8 Å². The molecule has 1 aliphatic heterocycles. The van der Waals surface area contributed by atoms with Gasteiger partial charge in [0.2, 0.25) is 5.91 Å². The second kappa shape index (κ2) is 6.02. The van der Waals surface area contributed by atoms with Crippen LogP contribution in [0.25, 0.3) is 21.9 Å². The minimum atomic E-state index is -0.638. The Morgan fingerprint density at radius 2 is 2.36 bits per heavy atom. The Bertz CT molecular complexity index is 989. The molecule has 1 fully saturated rings. The van der Waals surface area contributed by atoms with Crippen LogP contribution in [0, 0.1) is 17.2 Å². The molecule has 2 unspecified atom stereocenters. The quantitative estimate of drug-likeness (QED) is 0.748. The van der Waals surface area contributed by atoms with E-state index in [2.05, 4.69) is 30.2 Å². The molecular weight excluding hydrogens is 318 g/mol. The van der Waals surface area contributed by atoms with Crippen LogP contribution < -0.4 is 10.2 Å². The zero-order chi connectivity index (χ0) is 17.4. The van der Waals surface area contributed by atoms with Gasteiger partial charge in [0.05, 0.1) is 29.5 Å². The fourth-order valence-electron chi connectivity index (χ4n) is 3.23. The maximum absolute atomic E-state index is 11.9. The molecule has 126 valence electrons. The van der Waals surface area contributed by atoms with Crippen LogP contribution in [0.4, 0.5) is 5.82 Å². The summed E-state index contributed by atoms with van der Waals surface area (Å²) >= 11 is 0. The molecule has 0 radical (unpaired) electrons. The second-order valence-corrected chi connectivity index (χ2v) is 6.25. The average Bonchev–Trinajstić information content (AvgIpc) is 3.29. The van der Waals surface area contributed by atoms with Gasteiger partial charge in [-0.15, -0.1) is 0 Å². The summed E-state index contributed by atoms with van der Waals surface area (Å²) in [5.41, 5.74) is 1.60. The smallest absolute Gasteiger partial charge is 0.237 e. The Morgan fingerprint density at radius 1 is 1.48 bits per heavy atom. The van der Waals surface area contributed by atoms with Crippen LogP contribution in [0.3, 0.4) is 0 Å². The highest BCUT2D eigenvalue weighted by Crippen LogP contribution is 2.31. The number of rotatable bonds is 3. The van der Waals surface area contributed by atoms with E-state index in [-0.39, 0.29) is 11.9 Å². The number of fused-ring (bicyclic) bond motifs is 3. The van der Waals surface area contributed by atoms with Gasteiger partial charge < -0.3 is 15.2 Å². The largest absolute Gasteiger partial charge is 0.354 e. The third-order valence-corrected chi connectivity index (χ3v) is 4.59. The number of carbonyl (C=O) groups excluding carboxylic acids is 1. The molecule has 2 atom stereocenters. The molecule has 0 bridgehead atoms. The van der Waals surface area contributed by atoms with Gasteiger partial charge >= 0.3 is 0 Å². The first-order valence-electron chi connectivity index (χ1n) is 8.19. The Hall–Kier alpha value is -3.21. The van der Waals surface area contributed by atoms with Crippen LogP contribution in [-0.4, -0.2) is 45.0 Å². The van der Waals surface area contributed by atoms with Crippen LogP contribution in [0.2, 0.25) is 0 Å². The van der Waals surface area contributed by atoms with E-state index in [0.29, 0.717) is 12.2 Å². The van der Waals surface area contributed by atoms with Gasteiger partial charge in [-0.25, -0.2) is 15.0 Å². The molecule has 1 aliphatic rings. The Balaban J connectivity index is 1.64. The Kier molecular flexibility index (Phi) is 3.69. The van der Waals surface area contributed by atoms with Gasteiger partial charge in [0.25, 0.3) is 0 Å². The molecule has 4 rings (SSSR count).